The fourth-order valence-corrected chi connectivity index (χ4v) is 4.15. The lowest BCUT2D eigenvalue weighted by atomic mass is 9.81. The average molecular weight is 368 g/mol. The van der Waals surface area contributed by atoms with Crippen molar-refractivity contribution in [1.29, 1.82) is 0 Å². The Hall–Kier alpha value is -1.30. The SMILES string of the molecule is CC[C@H]1C[C@@H](O)CC2(CCN(C(=O)Cc3ccc(O)c(Cl)c3)CC2)O1. The van der Waals surface area contributed by atoms with Crippen molar-refractivity contribution in [2.75, 3.05) is 13.1 Å². The molecular formula is C19H26ClNO4. The molecule has 2 N–H and O–H groups in total. The molecule has 6 heteroatoms. The third-order valence-electron chi connectivity index (χ3n) is 5.41. The number of carbonyl (C=O) groups is 1. The molecular weight excluding hydrogens is 342 g/mol. The summed E-state index contributed by atoms with van der Waals surface area (Å²) in [6.07, 6.45) is 3.90. The number of rotatable bonds is 3. The molecule has 1 spiro atoms. The molecule has 0 aliphatic carbocycles. The highest BCUT2D eigenvalue weighted by Gasteiger charge is 2.43. The van der Waals surface area contributed by atoms with Crippen molar-refractivity contribution in [3.05, 3.63) is 28.8 Å². The highest BCUT2D eigenvalue weighted by atomic mass is 35.5. The maximum Gasteiger partial charge on any atom is 0.226 e. The molecule has 2 saturated heterocycles. The second-order valence-electron chi connectivity index (χ2n) is 7.27. The Balaban J connectivity index is 1.58. The third-order valence-corrected chi connectivity index (χ3v) is 5.71. The van der Waals surface area contributed by atoms with Gasteiger partial charge in [0.25, 0.3) is 0 Å². The Bertz CT molecular complexity index is 628. The first-order valence-corrected chi connectivity index (χ1v) is 9.39. The zero-order valence-electron chi connectivity index (χ0n) is 14.6. The third kappa shape index (κ3) is 4.27. The zero-order valence-corrected chi connectivity index (χ0v) is 15.3. The first-order valence-electron chi connectivity index (χ1n) is 9.02. The summed E-state index contributed by atoms with van der Waals surface area (Å²) < 4.78 is 6.27. The number of amides is 1. The van der Waals surface area contributed by atoms with Crippen LogP contribution in [0.5, 0.6) is 5.75 Å². The Morgan fingerprint density at radius 1 is 1.40 bits per heavy atom. The number of aliphatic hydroxyl groups is 1. The van der Waals surface area contributed by atoms with Gasteiger partial charge in [0.2, 0.25) is 5.91 Å². The molecule has 0 saturated carbocycles. The van der Waals surface area contributed by atoms with Gasteiger partial charge < -0.3 is 19.8 Å². The molecule has 5 nitrogen and oxygen atoms in total. The van der Waals surface area contributed by atoms with Crippen molar-refractivity contribution in [2.45, 2.75) is 63.3 Å². The summed E-state index contributed by atoms with van der Waals surface area (Å²) in [6, 6.07) is 4.86. The van der Waals surface area contributed by atoms with E-state index in [4.69, 9.17) is 16.3 Å². The van der Waals surface area contributed by atoms with Crippen LogP contribution in [0.1, 0.15) is 44.6 Å². The standard InChI is InChI=1S/C19H26ClNO4/c1-2-15-11-14(22)12-19(25-15)5-7-21(8-6-19)18(24)10-13-3-4-17(23)16(20)9-13/h3-4,9,14-15,22-23H,2,5-8,10-12H2,1H3/t14-,15+/m1/s1. The molecule has 2 atom stereocenters. The summed E-state index contributed by atoms with van der Waals surface area (Å²) in [6.45, 7) is 3.37. The van der Waals surface area contributed by atoms with Crippen LogP contribution >= 0.6 is 11.6 Å². The number of carbonyl (C=O) groups excluding carboxylic acids is 1. The molecule has 2 heterocycles. The smallest absolute Gasteiger partial charge is 0.226 e. The van der Waals surface area contributed by atoms with Gasteiger partial charge in [-0.3, -0.25) is 4.79 Å². The Morgan fingerprint density at radius 2 is 2.12 bits per heavy atom. The van der Waals surface area contributed by atoms with Crippen LogP contribution in [0.3, 0.4) is 0 Å². The molecule has 1 amide bonds. The van der Waals surface area contributed by atoms with Crippen molar-refractivity contribution in [1.82, 2.24) is 4.90 Å². The molecule has 2 aliphatic heterocycles. The molecule has 2 fully saturated rings. The molecule has 1 aromatic carbocycles. The lowest BCUT2D eigenvalue weighted by molar-refractivity contribution is -0.183. The number of aliphatic hydroxyl groups excluding tert-OH is 1. The van der Waals surface area contributed by atoms with Crippen molar-refractivity contribution < 1.29 is 19.7 Å². The van der Waals surface area contributed by atoms with Gasteiger partial charge in [-0.1, -0.05) is 24.6 Å². The topological polar surface area (TPSA) is 70.0 Å². The number of likely N-dealkylation sites (tertiary alicyclic amines) is 1. The Labute approximate surface area is 153 Å². The largest absolute Gasteiger partial charge is 0.506 e. The predicted molar refractivity (Wildman–Crippen MR) is 95.8 cm³/mol. The van der Waals surface area contributed by atoms with E-state index in [-0.39, 0.29) is 40.9 Å². The molecule has 138 valence electrons. The van der Waals surface area contributed by atoms with Gasteiger partial charge in [-0.2, -0.15) is 0 Å². The Kier molecular flexibility index (Phi) is 5.56. The van der Waals surface area contributed by atoms with Crippen LogP contribution < -0.4 is 0 Å². The summed E-state index contributed by atoms with van der Waals surface area (Å²) in [5.74, 6) is 0.0799. The molecule has 0 radical (unpaired) electrons. The van der Waals surface area contributed by atoms with E-state index in [1.165, 1.54) is 6.07 Å². The van der Waals surface area contributed by atoms with E-state index in [1.54, 1.807) is 12.1 Å². The van der Waals surface area contributed by atoms with Crippen molar-refractivity contribution in [3.63, 3.8) is 0 Å². The Morgan fingerprint density at radius 3 is 2.76 bits per heavy atom. The molecule has 2 aliphatic rings. The van der Waals surface area contributed by atoms with Crippen LogP contribution in [0.25, 0.3) is 0 Å². The zero-order chi connectivity index (χ0) is 18.0. The number of phenols is 1. The van der Waals surface area contributed by atoms with E-state index in [0.29, 0.717) is 25.9 Å². The first-order chi connectivity index (χ1) is 11.9. The normalized spacial score (nSPS) is 26.0. The minimum absolute atomic E-state index is 0.0243. The van der Waals surface area contributed by atoms with E-state index in [2.05, 4.69) is 6.92 Å². The maximum atomic E-state index is 12.5. The van der Waals surface area contributed by atoms with Gasteiger partial charge in [0.15, 0.2) is 0 Å². The highest BCUT2D eigenvalue weighted by Crippen LogP contribution is 2.38. The van der Waals surface area contributed by atoms with Crippen LogP contribution in [0, 0.1) is 0 Å². The second-order valence-corrected chi connectivity index (χ2v) is 7.68. The molecule has 0 unspecified atom stereocenters. The number of halogens is 1. The van der Waals surface area contributed by atoms with E-state index in [9.17, 15) is 15.0 Å². The number of hydrogen-bond acceptors (Lipinski definition) is 4. The number of hydrogen-bond donors (Lipinski definition) is 2. The van der Waals surface area contributed by atoms with Crippen molar-refractivity contribution in [3.8, 4) is 5.75 Å². The van der Waals surface area contributed by atoms with Crippen LogP contribution in [0.4, 0.5) is 0 Å². The number of nitrogens with zero attached hydrogens (tertiary/aromatic N) is 1. The van der Waals surface area contributed by atoms with E-state index in [0.717, 1.165) is 24.8 Å². The lowest BCUT2D eigenvalue weighted by Gasteiger charge is -2.47. The van der Waals surface area contributed by atoms with Gasteiger partial charge in [-0.05, 0) is 43.4 Å². The fraction of sp³-hybridized carbons (Fsp3) is 0.632. The number of phenolic OH excluding ortho intramolecular Hbond substituents is 1. The fourth-order valence-electron chi connectivity index (χ4n) is 3.95. The number of piperidine rings is 1. The monoisotopic (exact) mass is 367 g/mol. The number of benzene rings is 1. The van der Waals surface area contributed by atoms with Crippen LogP contribution in [-0.4, -0.2) is 51.9 Å². The predicted octanol–water partition coefficient (Wildman–Crippen LogP) is 2.90. The highest BCUT2D eigenvalue weighted by molar-refractivity contribution is 6.32. The lowest BCUT2D eigenvalue weighted by Crippen LogP contribution is -2.53. The molecule has 1 aromatic rings. The van der Waals surface area contributed by atoms with Crippen molar-refractivity contribution in [2.24, 2.45) is 0 Å². The minimum atomic E-state index is -0.305. The molecule has 3 rings (SSSR count). The second kappa shape index (κ2) is 7.52. The van der Waals surface area contributed by atoms with E-state index < -0.39 is 0 Å². The molecule has 0 aromatic heterocycles. The molecule has 0 bridgehead atoms. The summed E-state index contributed by atoms with van der Waals surface area (Å²) in [4.78, 5) is 14.4. The van der Waals surface area contributed by atoms with Gasteiger partial charge in [0.05, 0.1) is 29.3 Å². The van der Waals surface area contributed by atoms with Gasteiger partial charge in [-0.25, -0.2) is 0 Å². The van der Waals surface area contributed by atoms with Crippen molar-refractivity contribution >= 4 is 17.5 Å². The van der Waals surface area contributed by atoms with Crippen LogP contribution in [-0.2, 0) is 16.0 Å². The summed E-state index contributed by atoms with van der Waals surface area (Å²) in [5.41, 5.74) is 0.514. The minimum Gasteiger partial charge on any atom is -0.506 e. The summed E-state index contributed by atoms with van der Waals surface area (Å²) in [5, 5.41) is 19.9. The first kappa shape index (κ1) is 18.5. The summed E-state index contributed by atoms with van der Waals surface area (Å²) in [7, 11) is 0. The van der Waals surface area contributed by atoms with Crippen LogP contribution in [0.2, 0.25) is 5.02 Å². The number of ether oxygens (including phenoxy) is 1. The maximum absolute atomic E-state index is 12.5. The van der Waals surface area contributed by atoms with Gasteiger partial charge >= 0.3 is 0 Å². The van der Waals surface area contributed by atoms with E-state index in [1.807, 2.05) is 4.90 Å². The molecule has 25 heavy (non-hydrogen) atoms. The average Bonchev–Trinajstić information content (AvgIpc) is 2.58. The quantitative estimate of drug-likeness (QED) is 0.861. The van der Waals surface area contributed by atoms with E-state index >= 15 is 0 Å². The van der Waals surface area contributed by atoms with Gasteiger partial charge in [0.1, 0.15) is 5.75 Å². The number of aromatic hydroxyl groups is 1. The van der Waals surface area contributed by atoms with Crippen LogP contribution in [0.15, 0.2) is 18.2 Å². The van der Waals surface area contributed by atoms with Gasteiger partial charge in [0, 0.05) is 19.5 Å². The summed E-state index contributed by atoms with van der Waals surface area (Å²) >= 11 is 5.91. The van der Waals surface area contributed by atoms with Gasteiger partial charge in [-0.15, -0.1) is 0 Å².